The molecule has 0 amide bonds. The van der Waals surface area contributed by atoms with Crippen molar-refractivity contribution in [3.63, 3.8) is 0 Å². The van der Waals surface area contributed by atoms with Crippen molar-refractivity contribution < 1.29 is 40.2 Å². The topological polar surface area (TPSA) is 148 Å². The molecule has 0 radical (unpaired) electrons. The minimum absolute atomic E-state index is 0.280. The first kappa shape index (κ1) is 18.7. The summed E-state index contributed by atoms with van der Waals surface area (Å²) >= 11 is 0. The van der Waals surface area contributed by atoms with Crippen molar-refractivity contribution in [3.05, 3.63) is 48.0 Å². The predicted octanol–water partition coefficient (Wildman–Crippen LogP) is -1.57. The van der Waals surface area contributed by atoms with Crippen molar-refractivity contribution in [2.45, 2.75) is 42.7 Å². The Morgan fingerprint density at radius 3 is 2.12 bits per heavy atom. The molecule has 0 aliphatic heterocycles. The molecule has 2 aromatic carbocycles. The number of carbonyl (C=O) groups is 1. The van der Waals surface area contributed by atoms with Gasteiger partial charge in [-0.1, -0.05) is 42.5 Å². The van der Waals surface area contributed by atoms with Crippen molar-refractivity contribution >= 4 is 16.7 Å². The van der Waals surface area contributed by atoms with Crippen LogP contribution in [0.4, 0.5) is 0 Å². The molecule has 26 heavy (non-hydrogen) atoms. The first-order valence-corrected chi connectivity index (χ1v) is 8.07. The van der Waals surface area contributed by atoms with Crippen LogP contribution in [0, 0.1) is 0 Å². The molecule has 6 atom stereocenters. The minimum Gasteiger partial charge on any atom is -0.427 e. The fourth-order valence-corrected chi connectivity index (χ4v) is 3.18. The van der Waals surface area contributed by atoms with Crippen LogP contribution < -0.4 is 0 Å². The van der Waals surface area contributed by atoms with Gasteiger partial charge in [0.15, 0.2) is 12.2 Å². The number of hydrogen-bond acceptors (Lipinski definition) is 8. The summed E-state index contributed by atoms with van der Waals surface area (Å²) in [4.78, 5) is 12.3. The molecule has 3 rings (SSSR count). The summed E-state index contributed by atoms with van der Waals surface area (Å²) in [7, 11) is 0. The third-order valence-electron chi connectivity index (χ3n) is 4.69. The van der Waals surface area contributed by atoms with Crippen LogP contribution in [0.5, 0.6) is 0 Å². The average Bonchev–Trinajstić information content (AvgIpc) is 2.64. The molecule has 1 aliphatic rings. The van der Waals surface area contributed by atoms with Gasteiger partial charge in [-0.3, -0.25) is 4.79 Å². The molecule has 1 fully saturated rings. The molecular weight excluding hydrogens is 344 g/mol. The Bertz CT molecular complexity index is 785. The normalized spacial score (nSPS) is 34.6. The minimum atomic E-state index is -2.96. The van der Waals surface area contributed by atoms with E-state index in [-0.39, 0.29) is 6.42 Å². The van der Waals surface area contributed by atoms with Crippen LogP contribution in [0.3, 0.4) is 0 Å². The largest absolute Gasteiger partial charge is 0.427 e. The van der Waals surface area contributed by atoms with E-state index in [1.807, 2.05) is 18.2 Å². The number of aliphatic hydroxyl groups is 6. The Morgan fingerprint density at radius 2 is 1.46 bits per heavy atom. The van der Waals surface area contributed by atoms with Crippen LogP contribution in [-0.4, -0.2) is 72.9 Å². The second kappa shape index (κ2) is 6.92. The van der Waals surface area contributed by atoms with Gasteiger partial charge in [-0.2, -0.15) is 0 Å². The quantitative estimate of drug-likeness (QED) is 0.283. The molecule has 0 saturated heterocycles. The SMILES string of the molecule is O=C(Cc1cccc2ccccc12)OC1(O)[C@H](O)[C@H](O)C(O)[C@H](O)[C@H]1O. The fraction of sp³-hybridized carbons (Fsp3) is 0.389. The van der Waals surface area contributed by atoms with Crippen LogP contribution in [-0.2, 0) is 16.0 Å². The molecule has 0 bridgehead atoms. The molecule has 2 aromatic rings. The number of fused-ring (bicyclic) bond motifs is 1. The number of rotatable bonds is 3. The molecule has 0 heterocycles. The second-order valence-corrected chi connectivity index (χ2v) is 6.40. The number of carbonyl (C=O) groups excluding carboxylic acids is 1. The van der Waals surface area contributed by atoms with Crippen LogP contribution in [0.2, 0.25) is 0 Å². The Kier molecular flexibility index (Phi) is 4.98. The Balaban J connectivity index is 1.82. The van der Waals surface area contributed by atoms with E-state index in [0.29, 0.717) is 5.56 Å². The second-order valence-electron chi connectivity index (χ2n) is 6.40. The first-order valence-electron chi connectivity index (χ1n) is 8.07. The van der Waals surface area contributed by atoms with Crippen LogP contribution >= 0.6 is 0 Å². The molecule has 140 valence electrons. The molecular formula is C18H20O8. The zero-order valence-corrected chi connectivity index (χ0v) is 13.6. The van der Waals surface area contributed by atoms with Crippen molar-refractivity contribution in [1.82, 2.24) is 0 Å². The van der Waals surface area contributed by atoms with Crippen LogP contribution in [0.25, 0.3) is 10.8 Å². The number of ether oxygens (including phenoxy) is 1. The zero-order chi connectivity index (χ0) is 19.1. The van der Waals surface area contributed by atoms with Gasteiger partial charge in [0, 0.05) is 0 Å². The molecule has 6 N–H and O–H groups in total. The van der Waals surface area contributed by atoms with Crippen LogP contribution in [0.1, 0.15) is 5.56 Å². The third kappa shape index (κ3) is 3.07. The highest BCUT2D eigenvalue weighted by Gasteiger charge is 2.60. The number of esters is 1. The lowest BCUT2D eigenvalue weighted by Crippen LogP contribution is -2.72. The summed E-state index contributed by atoms with van der Waals surface area (Å²) in [6.07, 6.45) is -10.6. The van der Waals surface area contributed by atoms with Crippen molar-refractivity contribution in [1.29, 1.82) is 0 Å². The highest BCUT2D eigenvalue weighted by Crippen LogP contribution is 2.32. The zero-order valence-electron chi connectivity index (χ0n) is 13.6. The van der Waals surface area contributed by atoms with Gasteiger partial charge >= 0.3 is 5.97 Å². The molecule has 1 saturated carbocycles. The smallest absolute Gasteiger partial charge is 0.312 e. The highest BCUT2D eigenvalue weighted by molar-refractivity contribution is 5.89. The van der Waals surface area contributed by atoms with E-state index in [2.05, 4.69) is 0 Å². The average molecular weight is 364 g/mol. The number of aliphatic hydroxyl groups excluding tert-OH is 5. The van der Waals surface area contributed by atoms with E-state index in [1.54, 1.807) is 24.3 Å². The summed E-state index contributed by atoms with van der Waals surface area (Å²) in [6.45, 7) is 0. The predicted molar refractivity (Wildman–Crippen MR) is 88.7 cm³/mol. The first-order chi connectivity index (χ1) is 12.3. The van der Waals surface area contributed by atoms with E-state index < -0.39 is 42.3 Å². The molecule has 0 aromatic heterocycles. The molecule has 0 spiro atoms. The van der Waals surface area contributed by atoms with Gasteiger partial charge < -0.3 is 35.4 Å². The summed E-state index contributed by atoms with van der Waals surface area (Å²) < 4.78 is 4.83. The van der Waals surface area contributed by atoms with Crippen molar-refractivity contribution in [3.8, 4) is 0 Å². The van der Waals surface area contributed by atoms with Crippen LogP contribution in [0.15, 0.2) is 42.5 Å². The Morgan fingerprint density at radius 1 is 0.885 bits per heavy atom. The van der Waals surface area contributed by atoms with E-state index in [1.165, 1.54) is 0 Å². The summed E-state index contributed by atoms with van der Waals surface area (Å²) in [5.41, 5.74) is 0.595. The van der Waals surface area contributed by atoms with Gasteiger partial charge in [0.1, 0.15) is 18.3 Å². The van der Waals surface area contributed by atoms with E-state index >= 15 is 0 Å². The molecule has 2 unspecified atom stereocenters. The highest BCUT2D eigenvalue weighted by atomic mass is 16.7. The Labute approximate surface area is 148 Å². The van der Waals surface area contributed by atoms with Gasteiger partial charge in [-0.25, -0.2) is 0 Å². The van der Waals surface area contributed by atoms with Gasteiger partial charge in [0.25, 0.3) is 5.79 Å². The van der Waals surface area contributed by atoms with Crippen molar-refractivity contribution in [2.24, 2.45) is 0 Å². The third-order valence-corrected chi connectivity index (χ3v) is 4.69. The van der Waals surface area contributed by atoms with E-state index in [9.17, 15) is 35.4 Å². The van der Waals surface area contributed by atoms with Gasteiger partial charge in [-0.15, -0.1) is 0 Å². The molecule has 8 nitrogen and oxygen atoms in total. The lowest BCUT2D eigenvalue weighted by Gasteiger charge is -2.46. The lowest BCUT2D eigenvalue weighted by molar-refractivity contribution is -0.347. The standard InChI is InChI=1S/C18H20O8/c19-12(8-10-6-3-5-9-4-1-2-7-11(9)10)26-18(25)16(23)14(21)13(20)15(22)17(18)24/h1-7,13-17,20-25H,8H2/t13?,14-,15+,16-,17-,18?/m1/s1. The monoisotopic (exact) mass is 364 g/mol. The maximum atomic E-state index is 12.3. The lowest BCUT2D eigenvalue weighted by atomic mass is 9.82. The van der Waals surface area contributed by atoms with Gasteiger partial charge in [-0.05, 0) is 16.3 Å². The van der Waals surface area contributed by atoms with Crippen molar-refractivity contribution in [2.75, 3.05) is 0 Å². The van der Waals surface area contributed by atoms with E-state index in [0.717, 1.165) is 10.8 Å². The Hall–Kier alpha value is -2.07. The maximum Gasteiger partial charge on any atom is 0.312 e. The number of hydrogen-bond donors (Lipinski definition) is 6. The summed E-state index contributed by atoms with van der Waals surface area (Å²) in [5.74, 6) is -3.95. The van der Waals surface area contributed by atoms with Gasteiger partial charge in [0.05, 0.1) is 6.42 Å². The molecule has 8 heteroatoms. The fourth-order valence-electron chi connectivity index (χ4n) is 3.18. The molecule has 1 aliphatic carbocycles. The van der Waals surface area contributed by atoms with E-state index in [4.69, 9.17) is 4.74 Å². The maximum absolute atomic E-state index is 12.3. The number of benzene rings is 2. The summed E-state index contributed by atoms with van der Waals surface area (Å²) in [5, 5.41) is 60.8. The van der Waals surface area contributed by atoms with Gasteiger partial charge in [0.2, 0.25) is 0 Å². The summed E-state index contributed by atoms with van der Waals surface area (Å²) in [6, 6.07) is 12.6.